The molecule has 0 atom stereocenters. The van der Waals surface area contributed by atoms with Gasteiger partial charge in [0.25, 0.3) is 0 Å². The molecular formula is C6H7BN2O2S. The number of thiazole rings is 1. The molecule has 6 heteroatoms. The number of aromatic nitrogens is 1. The zero-order valence-electron chi connectivity index (χ0n) is 6.74. The first-order valence-electron chi connectivity index (χ1n) is 3.19. The largest absolute Gasteiger partial charge is 0.477 e. The summed E-state index contributed by atoms with van der Waals surface area (Å²) in [5, 5.41) is 9.21. The molecule has 0 bridgehead atoms. The van der Waals surface area contributed by atoms with Gasteiger partial charge in [-0.2, -0.15) is 0 Å². The van der Waals surface area contributed by atoms with Crippen molar-refractivity contribution in [2.45, 2.75) is 0 Å². The molecule has 0 aliphatic carbocycles. The maximum Gasteiger partial charge on any atom is 0.354 e. The van der Waals surface area contributed by atoms with Crippen molar-refractivity contribution in [1.29, 1.82) is 0 Å². The summed E-state index contributed by atoms with van der Waals surface area (Å²) in [6.07, 6.45) is 0. The molecule has 1 rings (SSSR count). The van der Waals surface area contributed by atoms with Gasteiger partial charge >= 0.3 is 5.97 Å². The molecule has 0 amide bonds. The quantitative estimate of drug-likeness (QED) is 0.638. The van der Waals surface area contributed by atoms with Gasteiger partial charge in [-0.05, 0) is 4.78 Å². The minimum absolute atomic E-state index is 0.0660. The summed E-state index contributed by atoms with van der Waals surface area (Å²) >= 11 is 1.16. The van der Waals surface area contributed by atoms with E-state index in [1.165, 1.54) is 0 Å². The van der Waals surface area contributed by atoms with Crippen molar-refractivity contribution < 1.29 is 9.90 Å². The lowest BCUT2D eigenvalue weighted by molar-refractivity contribution is 0.0693. The summed E-state index contributed by atoms with van der Waals surface area (Å²) in [6, 6.07) is 0. The Morgan fingerprint density at radius 3 is 2.50 bits per heavy atom. The van der Waals surface area contributed by atoms with Crippen LogP contribution in [-0.2, 0) is 0 Å². The number of anilines is 1. The van der Waals surface area contributed by atoms with E-state index >= 15 is 0 Å². The Hall–Kier alpha value is -1.04. The average Bonchev–Trinajstić information content (AvgIpc) is 2.30. The monoisotopic (exact) mass is 182 g/mol. The number of aromatic carboxylic acids is 1. The number of hydrogen-bond donors (Lipinski definition) is 1. The normalized spacial score (nSPS) is 9.83. The van der Waals surface area contributed by atoms with Crippen LogP contribution in [0.3, 0.4) is 0 Å². The fourth-order valence-electron chi connectivity index (χ4n) is 0.665. The number of hydrogen-bond acceptors (Lipinski definition) is 4. The molecule has 1 aromatic rings. The Morgan fingerprint density at radius 1 is 1.67 bits per heavy atom. The molecule has 0 saturated heterocycles. The lowest BCUT2D eigenvalue weighted by Crippen LogP contribution is -2.11. The number of nitrogens with zero attached hydrogens (tertiary/aromatic N) is 2. The molecule has 1 N–H and O–H groups in total. The molecule has 0 saturated carbocycles. The standard InChI is InChI=1S/C6H7BN2O2S/c1-9(2)6-8-3(5(10)11)4(7)12-6/h1-2H3,(H,10,11). The van der Waals surface area contributed by atoms with E-state index in [-0.39, 0.29) is 10.5 Å². The molecule has 0 spiro atoms. The Bertz CT molecular complexity index is 310. The molecule has 2 radical (unpaired) electrons. The van der Waals surface area contributed by atoms with Crippen molar-refractivity contribution in [3.63, 3.8) is 0 Å². The molecule has 12 heavy (non-hydrogen) atoms. The van der Waals surface area contributed by atoms with Gasteiger partial charge < -0.3 is 10.0 Å². The molecule has 62 valence electrons. The van der Waals surface area contributed by atoms with Gasteiger partial charge in [-0.3, -0.25) is 0 Å². The van der Waals surface area contributed by atoms with E-state index in [0.717, 1.165) is 11.3 Å². The van der Waals surface area contributed by atoms with Crippen molar-refractivity contribution in [1.82, 2.24) is 4.98 Å². The molecule has 1 aromatic heterocycles. The second-order valence-electron chi connectivity index (χ2n) is 2.41. The summed E-state index contributed by atoms with van der Waals surface area (Å²) < 4.78 is 0.242. The van der Waals surface area contributed by atoms with Gasteiger partial charge in [0.05, 0.1) is 0 Å². The van der Waals surface area contributed by atoms with Gasteiger partial charge in [-0.1, -0.05) is 0 Å². The van der Waals surface area contributed by atoms with E-state index in [4.69, 9.17) is 13.0 Å². The minimum atomic E-state index is -1.09. The lowest BCUT2D eigenvalue weighted by atomic mass is 10.1. The third-order valence-electron chi connectivity index (χ3n) is 1.23. The smallest absolute Gasteiger partial charge is 0.354 e. The maximum atomic E-state index is 10.5. The van der Waals surface area contributed by atoms with Gasteiger partial charge in [0.15, 0.2) is 10.8 Å². The molecule has 1 heterocycles. The Labute approximate surface area is 75.3 Å². The second-order valence-corrected chi connectivity index (χ2v) is 3.42. The van der Waals surface area contributed by atoms with E-state index < -0.39 is 5.97 Å². The number of rotatable bonds is 2. The van der Waals surface area contributed by atoms with E-state index in [0.29, 0.717) is 5.13 Å². The molecule has 0 aliphatic rings. The van der Waals surface area contributed by atoms with Crippen LogP contribution in [0.5, 0.6) is 0 Å². The van der Waals surface area contributed by atoms with Gasteiger partial charge in [0.1, 0.15) is 7.85 Å². The predicted octanol–water partition coefficient (Wildman–Crippen LogP) is -0.299. The molecule has 0 aliphatic heterocycles. The molecule has 0 unspecified atom stereocenters. The van der Waals surface area contributed by atoms with Crippen LogP contribution in [-0.4, -0.2) is 38.0 Å². The Balaban J connectivity index is 3.09. The summed E-state index contributed by atoms with van der Waals surface area (Å²) in [7, 11) is 8.99. The van der Waals surface area contributed by atoms with Crippen LogP contribution in [0.4, 0.5) is 5.13 Å². The topological polar surface area (TPSA) is 53.4 Å². The van der Waals surface area contributed by atoms with Gasteiger partial charge in [0.2, 0.25) is 0 Å². The number of carboxylic acid groups (broad SMARTS) is 1. The van der Waals surface area contributed by atoms with E-state index in [2.05, 4.69) is 4.98 Å². The fourth-order valence-corrected chi connectivity index (χ4v) is 1.41. The number of carboxylic acids is 1. The Kier molecular flexibility index (Phi) is 2.37. The molecule has 0 aromatic carbocycles. The van der Waals surface area contributed by atoms with Crippen molar-refractivity contribution in [3.05, 3.63) is 5.69 Å². The van der Waals surface area contributed by atoms with Crippen molar-refractivity contribution in [2.75, 3.05) is 19.0 Å². The predicted molar refractivity (Wildman–Crippen MR) is 48.8 cm³/mol. The minimum Gasteiger partial charge on any atom is -0.477 e. The lowest BCUT2D eigenvalue weighted by Gasteiger charge is -2.04. The molecule has 0 fully saturated rings. The van der Waals surface area contributed by atoms with Crippen molar-refractivity contribution in [3.8, 4) is 0 Å². The van der Waals surface area contributed by atoms with Gasteiger partial charge in [0, 0.05) is 14.1 Å². The highest BCUT2D eigenvalue weighted by atomic mass is 32.1. The van der Waals surface area contributed by atoms with Crippen LogP contribution in [0.25, 0.3) is 0 Å². The van der Waals surface area contributed by atoms with Crippen LogP contribution < -0.4 is 9.68 Å². The first-order valence-corrected chi connectivity index (χ1v) is 4.01. The van der Waals surface area contributed by atoms with Crippen LogP contribution in [0.15, 0.2) is 0 Å². The van der Waals surface area contributed by atoms with E-state index in [9.17, 15) is 4.79 Å². The van der Waals surface area contributed by atoms with Gasteiger partial charge in [-0.15, -0.1) is 11.3 Å². The summed E-state index contributed by atoms with van der Waals surface area (Å²) in [5.74, 6) is -1.09. The summed E-state index contributed by atoms with van der Waals surface area (Å²) in [6.45, 7) is 0. The van der Waals surface area contributed by atoms with Crippen molar-refractivity contribution in [2.24, 2.45) is 0 Å². The third-order valence-corrected chi connectivity index (χ3v) is 2.28. The summed E-state index contributed by atoms with van der Waals surface area (Å²) in [4.78, 5) is 16.0. The Morgan fingerprint density at radius 2 is 2.25 bits per heavy atom. The number of carbonyl (C=O) groups is 1. The average molecular weight is 182 g/mol. The van der Waals surface area contributed by atoms with Gasteiger partial charge in [-0.25, -0.2) is 9.78 Å². The highest BCUT2D eigenvalue weighted by Crippen LogP contribution is 2.14. The fraction of sp³-hybridized carbons (Fsp3) is 0.333. The zero-order valence-corrected chi connectivity index (χ0v) is 7.55. The van der Waals surface area contributed by atoms with E-state index in [1.54, 1.807) is 19.0 Å². The SMILES string of the molecule is [B]c1sc(N(C)C)nc1C(=O)O. The highest BCUT2D eigenvalue weighted by Gasteiger charge is 2.13. The highest BCUT2D eigenvalue weighted by molar-refractivity contribution is 7.23. The van der Waals surface area contributed by atoms with Crippen LogP contribution >= 0.6 is 11.3 Å². The van der Waals surface area contributed by atoms with Crippen molar-refractivity contribution >= 4 is 35.1 Å². The molecular weight excluding hydrogens is 175 g/mol. The molecule has 4 nitrogen and oxygen atoms in total. The van der Waals surface area contributed by atoms with Crippen LogP contribution in [0.2, 0.25) is 0 Å². The first kappa shape index (κ1) is 9.06. The van der Waals surface area contributed by atoms with E-state index in [1.807, 2.05) is 0 Å². The second kappa shape index (κ2) is 3.14. The van der Waals surface area contributed by atoms with Crippen LogP contribution in [0.1, 0.15) is 10.5 Å². The maximum absolute atomic E-state index is 10.5. The first-order chi connectivity index (χ1) is 5.52. The zero-order chi connectivity index (χ0) is 9.30. The summed E-state index contributed by atoms with van der Waals surface area (Å²) in [5.41, 5.74) is -0.0660. The third kappa shape index (κ3) is 1.58. The van der Waals surface area contributed by atoms with Crippen LogP contribution in [0, 0.1) is 0 Å².